The molecule has 2 unspecified atom stereocenters. The van der Waals surface area contributed by atoms with E-state index < -0.39 is 0 Å². The van der Waals surface area contributed by atoms with Gasteiger partial charge in [-0.3, -0.25) is 4.79 Å². The van der Waals surface area contributed by atoms with Gasteiger partial charge in [0.15, 0.2) is 0 Å². The lowest BCUT2D eigenvalue weighted by atomic mass is 9.86. The number of rotatable bonds is 3. The lowest BCUT2D eigenvalue weighted by Crippen LogP contribution is -2.47. The van der Waals surface area contributed by atoms with Crippen molar-refractivity contribution in [2.24, 2.45) is 5.92 Å². The number of carbonyl (C=O) groups excluding carboxylic acids is 1. The van der Waals surface area contributed by atoms with Crippen molar-refractivity contribution < 1.29 is 4.79 Å². The van der Waals surface area contributed by atoms with Gasteiger partial charge in [-0.25, -0.2) is 0 Å². The van der Waals surface area contributed by atoms with Gasteiger partial charge in [0, 0.05) is 19.1 Å². The normalized spacial score (nSPS) is 23.8. The fourth-order valence-electron chi connectivity index (χ4n) is 3.47. The summed E-state index contributed by atoms with van der Waals surface area (Å²) in [7, 11) is 0. The number of carbonyl (C=O) groups is 1. The fraction of sp³-hybridized carbons (Fsp3) is 0.588. The number of hydrogen-bond acceptors (Lipinski definition) is 3. The maximum absolute atomic E-state index is 12.4. The smallest absolute Gasteiger partial charge is 0.239 e. The molecule has 0 radical (unpaired) electrons. The van der Waals surface area contributed by atoms with Crippen LogP contribution in [0.4, 0.5) is 11.4 Å². The highest BCUT2D eigenvalue weighted by Crippen LogP contribution is 2.28. The lowest BCUT2D eigenvalue weighted by molar-refractivity contribution is -0.121. The zero-order valence-corrected chi connectivity index (χ0v) is 14.0. The van der Waals surface area contributed by atoms with Gasteiger partial charge in [-0.15, -0.1) is 12.4 Å². The van der Waals surface area contributed by atoms with Crippen molar-refractivity contribution >= 4 is 29.7 Å². The van der Waals surface area contributed by atoms with Crippen LogP contribution in [0.5, 0.6) is 0 Å². The lowest BCUT2D eigenvalue weighted by Gasteiger charge is -2.33. The number of halogens is 1. The molecular weight excluding hydrogens is 298 g/mol. The van der Waals surface area contributed by atoms with E-state index in [2.05, 4.69) is 34.6 Å². The van der Waals surface area contributed by atoms with E-state index in [-0.39, 0.29) is 18.3 Å². The summed E-state index contributed by atoms with van der Waals surface area (Å²) in [4.78, 5) is 14.5. The highest BCUT2D eigenvalue weighted by Gasteiger charge is 2.24. The number of anilines is 2. The Morgan fingerprint density at radius 3 is 2.91 bits per heavy atom. The number of benzene rings is 1. The Bertz CT molecular complexity index is 508. The first-order valence-corrected chi connectivity index (χ1v) is 8.11. The van der Waals surface area contributed by atoms with Crippen LogP contribution in [0, 0.1) is 5.92 Å². The molecule has 1 aromatic rings. The molecule has 22 heavy (non-hydrogen) atoms. The van der Waals surface area contributed by atoms with Gasteiger partial charge in [-0.2, -0.15) is 0 Å². The van der Waals surface area contributed by atoms with Gasteiger partial charge in [0.05, 0.1) is 17.9 Å². The highest BCUT2D eigenvalue weighted by atomic mass is 35.5. The predicted molar refractivity (Wildman–Crippen MR) is 94.0 cm³/mol. The molecule has 122 valence electrons. The predicted octanol–water partition coefficient (Wildman–Crippen LogP) is 3.04. The molecule has 2 N–H and O–H groups in total. The first-order chi connectivity index (χ1) is 10.2. The van der Waals surface area contributed by atoms with E-state index in [0.717, 1.165) is 30.9 Å². The molecule has 2 atom stereocenters. The molecule has 1 amide bonds. The zero-order valence-electron chi connectivity index (χ0n) is 13.2. The summed E-state index contributed by atoms with van der Waals surface area (Å²) in [5, 5.41) is 6.63. The zero-order chi connectivity index (χ0) is 14.7. The number of fused-ring (bicyclic) bond motifs is 1. The van der Waals surface area contributed by atoms with Crippen LogP contribution in [0.3, 0.4) is 0 Å². The van der Waals surface area contributed by atoms with Gasteiger partial charge in [-0.1, -0.05) is 31.9 Å². The average Bonchev–Trinajstić information content (AvgIpc) is 2.50. The van der Waals surface area contributed by atoms with E-state index in [1.54, 1.807) is 0 Å². The summed E-state index contributed by atoms with van der Waals surface area (Å²) in [5.41, 5.74) is 2.26. The standard InChI is InChI=1S/C17H25N3O.ClH/c1-13-6-2-3-7-14(13)19-17(21)12-20-11-10-18-15-8-4-5-9-16(15)20;/h4-5,8-9,13-14,18H,2-3,6-7,10-12H2,1H3,(H,19,21);1H. The van der Waals surface area contributed by atoms with E-state index in [9.17, 15) is 4.79 Å². The molecule has 5 heteroatoms. The molecule has 1 heterocycles. The Morgan fingerprint density at radius 2 is 2.09 bits per heavy atom. The molecule has 1 saturated carbocycles. The van der Waals surface area contributed by atoms with Crippen LogP contribution in [-0.2, 0) is 4.79 Å². The van der Waals surface area contributed by atoms with Gasteiger partial charge in [0.1, 0.15) is 0 Å². The van der Waals surface area contributed by atoms with E-state index in [4.69, 9.17) is 0 Å². The third-order valence-corrected chi connectivity index (χ3v) is 4.73. The van der Waals surface area contributed by atoms with Crippen molar-refractivity contribution in [2.75, 3.05) is 29.9 Å². The molecule has 1 aliphatic heterocycles. The number of para-hydroxylation sites is 2. The Labute approximate surface area is 139 Å². The maximum Gasteiger partial charge on any atom is 0.239 e. The summed E-state index contributed by atoms with van der Waals surface area (Å²) >= 11 is 0. The van der Waals surface area contributed by atoms with Crippen LogP contribution in [0.1, 0.15) is 32.6 Å². The van der Waals surface area contributed by atoms with E-state index in [0.29, 0.717) is 18.5 Å². The molecule has 0 spiro atoms. The summed E-state index contributed by atoms with van der Waals surface area (Å²) in [6, 6.07) is 8.57. The van der Waals surface area contributed by atoms with Gasteiger partial charge in [0.2, 0.25) is 5.91 Å². The van der Waals surface area contributed by atoms with Crippen molar-refractivity contribution in [2.45, 2.75) is 38.6 Å². The number of amides is 1. The first-order valence-electron chi connectivity index (χ1n) is 8.11. The van der Waals surface area contributed by atoms with Crippen LogP contribution in [0.2, 0.25) is 0 Å². The first kappa shape index (κ1) is 16.9. The van der Waals surface area contributed by atoms with Crippen molar-refractivity contribution in [3.63, 3.8) is 0 Å². The number of nitrogens with one attached hydrogen (secondary N) is 2. The molecule has 4 nitrogen and oxygen atoms in total. The van der Waals surface area contributed by atoms with Gasteiger partial charge >= 0.3 is 0 Å². The van der Waals surface area contributed by atoms with Crippen molar-refractivity contribution in [3.05, 3.63) is 24.3 Å². The van der Waals surface area contributed by atoms with Crippen LogP contribution in [-0.4, -0.2) is 31.6 Å². The molecule has 0 aromatic heterocycles. The summed E-state index contributed by atoms with van der Waals surface area (Å²) in [6.07, 6.45) is 4.91. The Morgan fingerprint density at radius 1 is 1.32 bits per heavy atom. The third-order valence-electron chi connectivity index (χ3n) is 4.73. The summed E-state index contributed by atoms with van der Waals surface area (Å²) in [6.45, 7) is 4.49. The second kappa shape index (κ2) is 7.73. The Balaban J connectivity index is 0.00000176. The number of hydrogen-bond donors (Lipinski definition) is 2. The van der Waals surface area contributed by atoms with E-state index in [1.807, 2.05) is 12.1 Å². The topological polar surface area (TPSA) is 44.4 Å². The molecule has 3 rings (SSSR count). The minimum absolute atomic E-state index is 0. The molecule has 1 fully saturated rings. The quantitative estimate of drug-likeness (QED) is 0.898. The van der Waals surface area contributed by atoms with Crippen molar-refractivity contribution in [1.29, 1.82) is 0 Å². The van der Waals surface area contributed by atoms with Crippen LogP contribution < -0.4 is 15.5 Å². The second-order valence-electron chi connectivity index (χ2n) is 6.30. The third kappa shape index (κ3) is 3.86. The Hall–Kier alpha value is -1.42. The molecule has 1 aliphatic carbocycles. The summed E-state index contributed by atoms with van der Waals surface area (Å²) < 4.78 is 0. The van der Waals surface area contributed by atoms with E-state index in [1.165, 1.54) is 19.3 Å². The Kier molecular flexibility index (Phi) is 5.95. The minimum atomic E-state index is 0. The molecular formula is C17H26ClN3O. The maximum atomic E-state index is 12.4. The van der Waals surface area contributed by atoms with Crippen molar-refractivity contribution in [1.82, 2.24) is 5.32 Å². The van der Waals surface area contributed by atoms with E-state index >= 15 is 0 Å². The van der Waals surface area contributed by atoms with Gasteiger partial charge in [0.25, 0.3) is 0 Å². The summed E-state index contributed by atoms with van der Waals surface area (Å²) in [5.74, 6) is 0.767. The van der Waals surface area contributed by atoms with Crippen LogP contribution in [0.15, 0.2) is 24.3 Å². The largest absolute Gasteiger partial charge is 0.382 e. The minimum Gasteiger partial charge on any atom is -0.382 e. The molecule has 0 saturated heterocycles. The fourth-order valence-corrected chi connectivity index (χ4v) is 3.47. The monoisotopic (exact) mass is 323 g/mol. The molecule has 1 aromatic carbocycles. The molecule has 2 aliphatic rings. The van der Waals surface area contributed by atoms with Crippen molar-refractivity contribution in [3.8, 4) is 0 Å². The van der Waals surface area contributed by atoms with Gasteiger partial charge < -0.3 is 15.5 Å². The number of nitrogens with zero attached hydrogens (tertiary/aromatic N) is 1. The average molecular weight is 324 g/mol. The van der Waals surface area contributed by atoms with Crippen LogP contribution >= 0.6 is 12.4 Å². The van der Waals surface area contributed by atoms with Gasteiger partial charge in [-0.05, 0) is 30.9 Å². The molecule has 0 bridgehead atoms. The second-order valence-corrected chi connectivity index (χ2v) is 6.30. The highest BCUT2D eigenvalue weighted by molar-refractivity contribution is 5.85. The van der Waals surface area contributed by atoms with Crippen LogP contribution in [0.25, 0.3) is 0 Å². The SMILES string of the molecule is CC1CCCCC1NC(=O)CN1CCNc2ccccc21.Cl.